The minimum absolute atomic E-state index is 0.663. The van der Waals surface area contributed by atoms with E-state index < -0.39 is 0 Å². The molecule has 0 nitrogen and oxygen atoms in total. The molecule has 0 aliphatic heterocycles. The molecule has 2 unspecified atom stereocenters. The summed E-state index contributed by atoms with van der Waals surface area (Å²) in [5.74, 6) is 0.751. The van der Waals surface area contributed by atoms with Crippen molar-refractivity contribution in [3.05, 3.63) is 35.4 Å². The molecule has 1 aromatic carbocycles. The van der Waals surface area contributed by atoms with E-state index in [9.17, 15) is 0 Å². The minimum atomic E-state index is 0.663. The van der Waals surface area contributed by atoms with Crippen LogP contribution in [0.15, 0.2) is 24.3 Å². The van der Waals surface area contributed by atoms with Crippen LogP contribution in [0.1, 0.15) is 36.8 Å². The molecule has 0 bridgehead atoms. The fourth-order valence-corrected chi connectivity index (χ4v) is 2.80. The molecule has 0 fully saturated rings. The molecule has 2 rings (SSSR count). The van der Waals surface area contributed by atoms with Crippen LogP contribution >= 0.6 is 15.9 Å². The van der Waals surface area contributed by atoms with Gasteiger partial charge in [0.05, 0.1) is 0 Å². The molecule has 1 heteroatoms. The summed E-state index contributed by atoms with van der Waals surface area (Å²) in [5.41, 5.74) is 3.14. The third kappa shape index (κ3) is 1.67. The van der Waals surface area contributed by atoms with Gasteiger partial charge in [-0.2, -0.15) is 0 Å². The molecule has 0 amide bonds. The van der Waals surface area contributed by atoms with Crippen molar-refractivity contribution in [2.75, 3.05) is 0 Å². The first kappa shape index (κ1) is 9.26. The molecule has 0 heterocycles. The second-order valence-electron chi connectivity index (χ2n) is 3.77. The van der Waals surface area contributed by atoms with Crippen molar-refractivity contribution in [2.24, 2.45) is 0 Å². The van der Waals surface area contributed by atoms with Gasteiger partial charge in [0.1, 0.15) is 0 Å². The topological polar surface area (TPSA) is 0 Å². The lowest BCUT2D eigenvalue weighted by molar-refractivity contribution is 0.632. The average molecular weight is 239 g/mol. The Morgan fingerprint density at radius 1 is 1.46 bits per heavy atom. The van der Waals surface area contributed by atoms with Gasteiger partial charge in [-0.15, -0.1) is 0 Å². The Hall–Kier alpha value is -0.300. The molecule has 0 radical (unpaired) electrons. The Morgan fingerprint density at radius 2 is 2.23 bits per heavy atom. The van der Waals surface area contributed by atoms with Gasteiger partial charge in [-0.25, -0.2) is 0 Å². The van der Waals surface area contributed by atoms with Crippen LogP contribution in [-0.4, -0.2) is 4.83 Å². The zero-order valence-corrected chi connectivity index (χ0v) is 9.55. The predicted molar refractivity (Wildman–Crippen MR) is 60.5 cm³/mol. The predicted octanol–water partition coefficient (Wildman–Crippen LogP) is 3.89. The highest BCUT2D eigenvalue weighted by molar-refractivity contribution is 9.09. The normalized spacial score (nSPS) is 22.8. The molecule has 13 heavy (non-hydrogen) atoms. The van der Waals surface area contributed by atoms with Gasteiger partial charge in [0.25, 0.3) is 0 Å². The number of hydrogen-bond donors (Lipinski definition) is 0. The molecule has 1 aliphatic carbocycles. The highest BCUT2D eigenvalue weighted by Crippen LogP contribution is 2.39. The highest BCUT2D eigenvalue weighted by Gasteiger charge is 2.26. The van der Waals surface area contributed by atoms with Crippen molar-refractivity contribution >= 4 is 15.9 Å². The number of aryl methyl sites for hydroxylation is 1. The fraction of sp³-hybridized carbons (Fsp3) is 0.500. The van der Waals surface area contributed by atoms with E-state index in [4.69, 9.17) is 0 Å². The van der Waals surface area contributed by atoms with Gasteiger partial charge >= 0.3 is 0 Å². The van der Waals surface area contributed by atoms with Crippen LogP contribution in [0.5, 0.6) is 0 Å². The number of hydrogen-bond acceptors (Lipinski definition) is 0. The van der Waals surface area contributed by atoms with Crippen molar-refractivity contribution in [3.63, 3.8) is 0 Å². The van der Waals surface area contributed by atoms with Crippen molar-refractivity contribution in [1.29, 1.82) is 0 Å². The quantitative estimate of drug-likeness (QED) is 0.687. The lowest BCUT2D eigenvalue weighted by atomic mass is 9.97. The van der Waals surface area contributed by atoms with Crippen LogP contribution in [-0.2, 0) is 6.42 Å². The second-order valence-corrected chi connectivity index (χ2v) is 4.94. The molecule has 0 saturated heterocycles. The molecule has 1 aromatic rings. The van der Waals surface area contributed by atoms with Gasteiger partial charge in [0, 0.05) is 4.83 Å². The van der Waals surface area contributed by atoms with E-state index in [0.717, 1.165) is 5.92 Å². The summed E-state index contributed by atoms with van der Waals surface area (Å²) in [5, 5.41) is 0. The van der Waals surface area contributed by atoms with E-state index in [1.807, 2.05) is 0 Å². The van der Waals surface area contributed by atoms with Crippen molar-refractivity contribution < 1.29 is 0 Å². The zero-order valence-electron chi connectivity index (χ0n) is 7.96. The van der Waals surface area contributed by atoms with Crippen LogP contribution in [0.25, 0.3) is 0 Å². The molecule has 0 spiro atoms. The van der Waals surface area contributed by atoms with Gasteiger partial charge < -0.3 is 0 Å². The van der Waals surface area contributed by atoms with Gasteiger partial charge in [-0.3, -0.25) is 0 Å². The van der Waals surface area contributed by atoms with Crippen LogP contribution in [0.2, 0.25) is 0 Å². The third-order valence-electron chi connectivity index (χ3n) is 3.01. The number of benzene rings is 1. The van der Waals surface area contributed by atoms with E-state index in [1.54, 1.807) is 11.1 Å². The van der Waals surface area contributed by atoms with Gasteiger partial charge in [-0.1, -0.05) is 47.1 Å². The summed E-state index contributed by atoms with van der Waals surface area (Å²) in [7, 11) is 0. The maximum absolute atomic E-state index is 3.77. The summed E-state index contributed by atoms with van der Waals surface area (Å²) < 4.78 is 0. The van der Waals surface area contributed by atoms with Crippen LogP contribution < -0.4 is 0 Å². The molecule has 2 atom stereocenters. The summed E-state index contributed by atoms with van der Waals surface area (Å²) >= 11 is 3.77. The Morgan fingerprint density at radius 3 is 3.00 bits per heavy atom. The van der Waals surface area contributed by atoms with E-state index >= 15 is 0 Å². The Bertz CT molecular complexity index is 293. The highest BCUT2D eigenvalue weighted by atomic mass is 79.9. The maximum atomic E-state index is 3.77. The first-order chi connectivity index (χ1) is 6.33. The maximum Gasteiger partial charge on any atom is 0.0212 e. The lowest BCUT2D eigenvalue weighted by Crippen LogP contribution is -2.07. The van der Waals surface area contributed by atoms with Crippen molar-refractivity contribution in [2.45, 2.75) is 36.9 Å². The summed E-state index contributed by atoms with van der Waals surface area (Å²) in [4.78, 5) is 0.663. The summed E-state index contributed by atoms with van der Waals surface area (Å²) in [6.07, 6.45) is 3.81. The number of rotatable bonds is 2. The molecule has 70 valence electrons. The van der Waals surface area contributed by atoms with Gasteiger partial charge in [0.15, 0.2) is 0 Å². The minimum Gasteiger partial charge on any atom is -0.0884 e. The molecule has 0 saturated carbocycles. The first-order valence-corrected chi connectivity index (χ1v) is 5.96. The van der Waals surface area contributed by atoms with E-state index in [2.05, 4.69) is 47.1 Å². The molecule has 0 aromatic heterocycles. The standard InChI is InChI=1S/C12H15Br/c1-2-12(13)11-8-7-9-5-3-4-6-10(9)11/h3-6,11-12H,2,7-8H2,1H3. The summed E-state index contributed by atoms with van der Waals surface area (Å²) in [6, 6.07) is 8.87. The average Bonchev–Trinajstić information content (AvgIpc) is 2.60. The number of fused-ring (bicyclic) bond motifs is 1. The zero-order chi connectivity index (χ0) is 9.26. The van der Waals surface area contributed by atoms with E-state index in [-0.39, 0.29) is 0 Å². The van der Waals surface area contributed by atoms with Crippen molar-refractivity contribution in [3.8, 4) is 0 Å². The molecular weight excluding hydrogens is 224 g/mol. The Kier molecular flexibility index (Phi) is 2.73. The SMILES string of the molecule is CCC(Br)C1CCc2ccccc21. The molecule has 0 N–H and O–H groups in total. The number of alkyl halides is 1. The van der Waals surface area contributed by atoms with Crippen LogP contribution in [0.4, 0.5) is 0 Å². The van der Waals surface area contributed by atoms with E-state index in [1.165, 1.54) is 19.3 Å². The number of halogens is 1. The van der Waals surface area contributed by atoms with Crippen LogP contribution in [0.3, 0.4) is 0 Å². The second kappa shape index (κ2) is 3.83. The monoisotopic (exact) mass is 238 g/mol. The van der Waals surface area contributed by atoms with Gasteiger partial charge in [0.2, 0.25) is 0 Å². The largest absolute Gasteiger partial charge is 0.0884 e. The lowest BCUT2D eigenvalue weighted by Gasteiger charge is -2.16. The summed E-state index contributed by atoms with van der Waals surface area (Å²) in [6.45, 7) is 2.25. The fourth-order valence-electron chi connectivity index (χ4n) is 2.25. The Labute approximate surface area is 88.5 Å². The smallest absolute Gasteiger partial charge is 0.0212 e. The van der Waals surface area contributed by atoms with Gasteiger partial charge in [-0.05, 0) is 36.3 Å². The first-order valence-electron chi connectivity index (χ1n) is 5.04. The molecule has 1 aliphatic rings. The van der Waals surface area contributed by atoms with E-state index in [0.29, 0.717) is 4.83 Å². The van der Waals surface area contributed by atoms with Crippen molar-refractivity contribution in [1.82, 2.24) is 0 Å². The Balaban J connectivity index is 2.28. The van der Waals surface area contributed by atoms with Crippen LogP contribution in [0, 0.1) is 0 Å². The molecular formula is C12H15Br. The third-order valence-corrected chi connectivity index (χ3v) is 4.29.